The van der Waals surface area contributed by atoms with Gasteiger partial charge in [0.1, 0.15) is 5.54 Å². The van der Waals surface area contributed by atoms with E-state index in [-0.39, 0.29) is 6.54 Å². The summed E-state index contributed by atoms with van der Waals surface area (Å²) in [6, 6.07) is 0. The number of carbonyl (C=O) groups excluding carboxylic acids is 1. The normalized spacial score (nSPS) is 30.5. The lowest BCUT2D eigenvalue weighted by atomic mass is 9.98. The van der Waals surface area contributed by atoms with Crippen molar-refractivity contribution in [3.8, 4) is 0 Å². The van der Waals surface area contributed by atoms with Crippen LogP contribution in [-0.4, -0.2) is 24.2 Å². The molecule has 0 radical (unpaired) electrons. The molecule has 0 saturated carbocycles. The summed E-state index contributed by atoms with van der Waals surface area (Å²) in [6.07, 6.45) is 4.77. The number of amides is 1. The first kappa shape index (κ1) is 6.95. The number of rotatable bonds is 1. The van der Waals surface area contributed by atoms with E-state index >= 15 is 0 Å². The number of hydrogen-bond donors (Lipinski definition) is 2. The van der Waals surface area contributed by atoms with Gasteiger partial charge in [0.25, 0.3) is 0 Å². The van der Waals surface area contributed by atoms with Gasteiger partial charge in [0.05, 0.1) is 6.54 Å². The van der Waals surface area contributed by atoms with Crippen LogP contribution in [-0.2, 0) is 4.79 Å². The minimum atomic E-state index is -1.06. The molecule has 0 fully saturated rings. The van der Waals surface area contributed by atoms with Gasteiger partial charge in [0.2, 0.25) is 5.91 Å². The predicted octanol–water partition coefficient (Wildman–Crippen LogP) is -1.19. The zero-order chi connectivity index (χ0) is 7.61. The largest absolute Gasteiger partial charge is 0.368 e. The maximum absolute atomic E-state index is 10.6. The lowest BCUT2D eigenvalue weighted by molar-refractivity contribution is -0.121. The smallest absolute Gasteiger partial charge is 0.243 e. The molecule has 0 aromatic rings. The molecule has 1 atom stereocenters. The summed E-state index contributed by atoms with van der Waals surface area (Å²) >= 11 is 0. The number of nitrogens with two attached hydrogens (primary N) is 2. The topological polar surface area (TPSA) is 81.5 Å². The number of nitrogens with zero attached hydrogens (tertiary/aromatic N) is 1. The van der Waals surface area contributed by atoms with E-state index in [4.69, 9.17) is 11.5 Å². The number of hydrogen-bond acceptors (Lipinski definition) is 3. The molecule has 0 aromatic carbocycles. The van der Waals surface area contributed by atoms with E-state index in [9.17, 15) is 4.79 Å². The fourth-order valence-electron chi connectivity index (χ4n) is 0.692. The van der Waals surface area contributed by atoms with Crippen LogP contribution in [0.1, 0.15) is 0 Å². The van der Waals surface area contributed by atoms with Crippen LogP contribution in [0.2, 0.25) is 0 Å². The highest BCUT2D eigenvalue weighted by atomic mass is 16.1. The third kappa shape index (κ3) is 1.06. The Hall–Kier alpha value is -1.16. The van der Waals surface area contributed by atoms with Crippen molar-refractivity contribution in [2.75, 3.05) is 6.54 Å². The molecule has 54 valence electrons. The molecule has 0 spiro atoms. The van der Waals surface area contributed by atoms with Crippen LogP contribution in [0, 0.1) is 0 Å². The molecule has 1 aliphatic rings. The summed E-state index contributed by atoms with van der Waals surface area (Å²) in [5.74, 6) is -0.541. The average molecular weight is 139 g/mol. The lowest BCUT2D eigenvalue weighted by Crippen LogP contribution is -2.53. The Morgan fingerprint density at radius 3 is 2.70 bits per heavy atom. The molecule has 0 aliphatic carbocycles. The molecule has 4 heteroatoms. The second-order valence-corrected chi connectivity index (χ2v) is 2.25. The van der Waals surface area contributed by atoms with Crippen LogP contribution in [0.15, 0.2) is 17.1 Å². The fourth-order valence-corrected chi connectivity index (χ4v) is 0.692. The van der Waals surface area contributed by atoms with Gasteiger partial charge < -0.3 is 11.5 Å². The van der Waals surface area contributed by atoms with Gasteiger partial charge in [0, 0.05) is 6.21 Å². The highest BCUT2D eigenvalue weighted by molar-refractivity contribution is 5.90. The third-order valence-electron chi connectivity index (χ3n) is 1.40. The van der Waals surface area contributed by atoms with E-state index in [0.717, 1.165) is 0 Å². The summed E-state index contributed by atoms with van der Waals surface area (Å²) in [4.78, 5) is 14.5. The molecule has 1 aliphatic heterocycles. The summed E-state index contributed by atoms with van der Waals surface area (Å²) in [7, 11) is 0. The van der Waals surface area contributed by atoms with E-state index in [1.165, 1.54) is 0 Å². The van der Waals surface area contributed by atoms with Gasteiger partial charge in [-0.3, -0.25) is 9.79 Å². The molecule has 1 amide bonds. The van der Waals surface area contributed by atoms with Crippen molar-refractivity contribution in [2.24, 2.45) is 16.5 Å². The number of carbonyl (C=O) groups is 1. The number of allylic oxidation sites excluding steroid dienone is 1. The van der Waals surface area contributed by atoms with E-state index in [1.807, 2.05) is 0 Å². The molecule has 0 bridgehead atoms. The molecular weight excluding hydrogens is 130 g/mol. The average Bonchev–Trinajstić information content (AvgIpc) is 1.89. The molecule has 0 aromatic heterocycles. The Kier molecular flexibility index (Phi) is 1.55. The summed E-state index contributed by atoms with van der Waals surface area (Å²) < 4.78 is 0. The van der Waals surface area contributed by atoms with Gasteiger partial charge >= 0.3 is 0 Å². The van der Waals surface area contributed by atoms with E-state index in [0.29, 0.717) is 0 Å². The van der Waals surface area contributed by atoms with Gasteiger partial charge in [-0.1, -0.05) is 6.08 Å². The van der Waals surface area contributed by atoms with Crippen molar-refractivity contribution in [2.45, 2.75) is 5.54 Å². The second kappa shape index (κ2) is 2.22. The van der Waals surface area contributed by atoms with E-state index in [2.05, 4.69) is 4.99 Å². The predicted molar refractivity (Wildman–Crippen MR) is 38.6 cm³/mol. The van der Waals surface area contributed by atoms with Crippen molar-refractivity contribution >= 4 is 12.1 Å². The van der Waals surface area contributed by atoms with Gasteiger partial charge in [-0.15, -0.1) is 0 Å². The van der Waals surface area contributed by atoms with Crippen LogP contribution in [0.3, 0.4) is 0 Å². The van der Waals surface area contributed by atoms with Crippen molar-refractivity contribution < 1.29 is 4.79 Å². The molecule has 4 N–H and O–H groups in total. The van der Waals surface area contributed by atoms with Crippen LogP contribution < -0.4 is 11.5 Å². The second-order valence-electron chi connectivity index (χ2n) is 2.25. The Balaban J connectivity index is 2.80. The van der Waals surface area contributed by atoms with Crippen molar-refractivity contribution in [3.63, 3.8) is 0 Å². The molecule has 1 rings (SSSR count). The van der Waals surface area contributed by atoms with Gasteiger partial charge in [-0.25, -0.2) is 0 Å². The van der Waals surface area contributed by atoms with Gasteiger partial charge in [-0.05, 0) is 6.08 Å². The summed E-state index contributed by atoms with van der Waals surface area (Å²) in [5, 5.41) is 0. The molecule has 1 heterocycles. The fraction of sp³-hybridized carbons (Fsp3) is 0.333. The standard InChI is InChI=1S/C6H9N3O/c7-5(10)6(8)2-1-3-9-4-6/h1-3H,4,8H2,(H2,7,10). The maximum Gasteiger partial charge on any atom is 0.243 e. The Morgan fingerprint density at radius 1 is 1.70 bits per heavy atom. The number of primary amides is 1. The van der Waals surface area contributed by atoms with Crippen molar-refractivity contribution in [3.05, 3.63) is 12.2 Å². The number of aliphatic imine (C=N–C) groups is 1. The minimum Gasteiger partial charge on any atom is -0.368 e. The molecule has 10 heavy (non-hydrogen) atoms. The Morgan fingerprint density at radius 2 is 2.40 bits per heavy atom. The molecular formula is C6H9N3O. The maximum atomic E-state index is 10.6. The summed E-state index contributed by atoms with van der Waals surface area (Å²) in [6.45, 7) is 0.249. The SMILES string of the molecule is NC(=O)C1(N)C=CC=NC1. The van der Waals surface area contributed by atoms with Crippen molar-refractivity contribution in [1.29, 1.82) is 0 Å². The Labute approximate surface area is 58.6 Å². The molecule has 1 unspecified atom stereocenters. The first-order valence-corrected chi connectivity index (χ1v) is 2.91. The van der Waals surface area contributed by atoms with Gasteiger partial charge in [-0.2, -0.15) is 0 Å². The molecule has 4 nitrogen and oxygen atoms in total. The quantitative estimate of drug-likeness (QED) is 0.479. The lowest BCUT2D eigenvalue weighted by Gasteiger charge is -2.20. The van der Waals surface area contributed by atoms with E-state index < -0.39 is 11.4 Å². The first-order chi connectivity index (χ1) is 4.65. The van der Waals surface area contributed by atoms with Crippen LogP contribution >= 0.6 is 0 Å². The van der Waals surface area contributed by atoms with E-state index in [1.54, 1.807) is 18.4 Å². The van der Waals surface area contributed by atoms with Gasteiger partial charge in [0.15, 0.2) is 0 Å². The molecule has 0 saturated heterocycles. The number of dihydropyridines is 1. The van der Waals surface area contributed by atoms with Crippen LogP contribution in [0.5, 0.6) is 0 Å². The van der Waals surface area contributed by atoms with Crippen LogP contribution in [0.25, 0.3) is 0 Å². The zero-order valence-electron chi connectivity index (χ0n) is 5.45. The summed E-state index contributed by atoms with van der Waals surface area (Å²) in [5.41, 5.74) is 9.48. The van der Waals surface area contributed by atoms with Crippen LogP contribution in [0.4, 0.5) is 0 Å². The van der Waals surface area contributed by atoms with Crippen molar-refractivity contribution in [1.82, 2.24) is 0 Å². The minimum absolute atomic E-state index is 0.249. The third-order valence-corrected chi connectivity index (χ3v) is 1.40. The Bertz CT molecular complexity index is 209. The highest BCUT2D eigenvalue weighted by Gasteiger charge is 2.28. The zero-order valence-corrected chi connectivity index (χ0v) is 5.45. The highest BCUT2D eigenvalue weighted by Crippen LogP contribution is 2.05. The monoisotopic (exact) mass is 139 g/mol. The first-order valence-electron chi connectivity index (χ1n) is 2.91.